The fraction of sp³-hybridized carbons (Fsp3) is 0. The molecule has 0 aliphatic carbocycles. The number of anilines is 1. The summed E-state index contributed by atoms with van der Waals surface area (Å²) in [5.41, 5.74) is 2.96. The molecule has 0 saturated heterocycles. The monoisotopic (exact) mass is 203 g/mol. The molecule has 0 unspecified atom stereocenters. The zero-order valence-corrected chi connectivity index (χ0v) is 7.77. The topological polar surface area (TPSA) is 78.0 Å². The normalized spacial score (nSPS) is 9.93. The van der Waals surface area contributed by atoms with Crippen LogP contribution in [0.15, 0.2) is 36.5 Å². The van der Waals surface area contributed by atoms with Gasteiger partial charge in [0, 0.05) is 5.56 Å². The number of carbonyl (C=O) groups is 1. The first-order valence-electron chi connectivity index (χ1n) is 4.36. The van der Waals surface area contributed by atoms with E-state index in [2.05, 4.69) is 10.2 Å². The van der Waals surface area contributed by atoms with Crippen molar-refractivity contribution in [3.63, 3.8) is 0 Å². The second-order valence-corrected chi connectivity index (χ2v) is 2.97. The van der Waals surface area contributed by atoms with Gasteiger partial charge in [-0.15, -0.1) is 0 Å². The third-order valence-corrected chi connectivity index (χ3v) is 2.02. The molecule has 2 rings (SSSR count). The summed E-state index contributed by atoms with van der Waals surface area (Å²) in [6.07, 6.45) is 1.34. The maximum atomic E-state index is 11.9. The molecule has 15 heavy (non-hydrogen) atoms. The highest BCUT2D eigenvalue weighted by Crippen LogP contribution is 2.15. The lowest BCUT2D eigenvalue weighted by molar-refractivity contribution is 0.103. The molecule has 3 N–H and O–H groups in total. The molecule has 0 radical (unpaired) electrons. The van der Waals surface area contributed by atoms with E-state index in [1.165, 1.54) is 6.20 Å². The molecule has 2 aromatic rings. The molecule has 5 nitrogen and oxygen atoms in total. The molecule has 0 saturated carbocycles. The minimum absolute atomic E-state index is 0.218. The molecule has 0 atom stereocenters. The summed E-state index contributed by atoms with van der Waals surface area (Å²) in [5.74, 6) is -0.218. The Hall–Kier alpha value is -2.14. The van der Waals surface area contributed by atoms with E-state index in [0.29, 0.717) is 5.56 Å². The summed E-state index contributed by atoms with van der Waals surface area (Å²) in [6.45, 7) is 0. The van der Waals surface area contributed by atoms with Crippen LogP contribution in [-0.4, -0.2) is 21.2 Å². The Labute approximate surface area is 85.7 Å². The van der Waals surface area contributed by atoms with Gasteiger partial charge in [-0.05, 0) is 0 Å². The Morgan fingerprint density at radius 3 is 2.73 bits per heavy atom. The number of aromatic amines is 1. The van der Waals surface area contributed by atoms with Gasteiger partial charge in [0.2, 0.25) is 5.78 Å². The lowest BCUT2D eigenvalue weighted by Gasteiger charge is -2.00. The molecule has 0 spiro atoms. The van der Waals surface area contributed by atoms with Gasteiger partial charge in [-0.1, -0.05) is 30.3 Å². The predicted molar refractivity (Wildman–Crippen MR) is 53.9 cm³/mol. The maximum Gasteiger partial charge on any atom is 0.212 e. The first kappa shape index (κ1) is 9.42. The van der Waals surface area contributed by atoms with Crippen molar-refractivity contribution in [2.45, 2.75) is 0 Å². The van der Waals surface area contributed by atoms with Gasteiger partial charge < -0.3 is 0 Å². The third kappa shape index (κ3) is 1.72. The van der Waals surface area contributed by atoms with Crippen molar-refractivity contribution in [1.82, 2.24) is 10.2 Å². The summed E-state index contributed by atoms with van der Waals surface area (Å²) < 4.78 is 0. The first-order chi connectivity index (χ1) is 7.33. The van der Waals surface area contributed by atoms with Gasteiger partial charge in [-0.2, -0.15) is 5.10 Å². The van der Waals surface area contributed by atoms with Crippen LogP contribution in [0.4, 0.5) is 5.69 Å². The molecule has 0 aliphatic heterocycles. The van der Waals surface area contributed by atoms with Crippen molar-refractivity contribution in [2.75, 3.05) is 5.48 Å². The van der Waals surface area contributed by atoms with Crippen LogP contribution in [0.2, 0.25) is 0 Å². The van der Waals surface area contributed by atoms with Crippen molar-refractivity contribution in [2.24, 2.45) is 0 Å². The Kier molecular flexibility index (Phi) is 2.47. The van der Waals surface area contributed by atoms with Gasteiger partial charge in [0.05, 0.1) is 6.20 Å². The average molecular weight is 203 g/mol. The summed E-state index contributed by atoms with van der Waals surface area (Å²) in [4.78, 5) is 11.9. The Balaban J connectivity index is 2.37. The van der Waals surface area contributed by atoms with Crippen LogP contribution in [0.25, 0.3) is 0 Å². The quantitative estimate of drug-likeness (QED) is 0.521. The van der Waals surface area contributed by atoms with Gasteiger partial charge in [-0.3, -0.25) is 20.6 Å². The van der Waals surface area contributed by atoms with Crippen LogP contribution in [0.5, 0.6) is 0 Å². The molecule has 1 heterocycles. The first-order valence-corrected chi connectivity index (χ1v) is 4.36. The van der Waals surface area contributed by atoms with Crippen LogP contribution in [0, 0.1) is 0 Å². The van der Waals surface area contributed by atoms with E-state index in [1.54, 1.807) is 24.3 Å². The maximum absolute atomic E-state index is 11.9. The van der Waals surface area contributed by atoms with Crippen molar-refractivity contribution in [3.05, 3.63) is 47.8 Å². The highest BCUT2D eigenvalue weighted by Gasteiger charge is 2.14. The van der Waals surface area contributed by atoms with Gasteiger partial charge in [0.1, 0.15) is 11.4 Å². The van der Waals surface area contributed by atoms with Crippen molar-refractivity contribution in [3.8, 4) is 0 Å². The molecular formula is C10H9N3O2. The lowest BCUT2D eigenvalue weighted by atomic mass is 10.1. The van der Waals surface area contributed by atoms with Crippen LogP contribution >= 0.6 is 0 Å². The number of carbonyl (C=O) groups excluding carboxylic acids is 1. The highest BCUT2D eigenvalue weighted by atomic mass is 16.5. The number of hydrogen-bond acceptors (Lipinski definition) is 4. The van der Waals surface area contributed by atoms with Crippen molar-refractivity contribution >= 4 is 11.5 Å². The number of H-pyrrole nitrogens is 1. The van der Waals surface area contributed by atoms with Crippen LogP contribution < -0.4 is 5.48 Å². The summed E-state index contributed by atoms with van der Waals surface area (Å²) in [7, 11) is 0. The van der Waals surface area contributed by atoms with E-state index in [1.807, 2.05) is 11.5 Å². The van der Waals surface area contributed by atoms with E-state index in [4.69, 9.17) is 5.21 Å². The number of nitrogens with zero attached hydrogens (tertiary/aromatic N) is 1. The molecule has 5 heteroatoms. The molecule has 1 aromatic heterocycles. The minimum Gasteiger partial charge on any atom is -0.291 e. The molecule has 76 valence electrons. The molecular weight excluding hydrogens is 194 g/mol. The standard InChI is InChI=1S/C10H9N3O2/c14-10(7-4-2-1-3-5-7)9-8(13-15)6-11-12-9/h1-6,13,15H,(H,11,12). The summed E-state index contributed by atoms with van der Waals surface area (Å²) >= 11 is 0. The average Bonchev–Trinajstić information content (AvgIpc) is 2.77. The second kappa shape index (κ2) is 3.93. The number of hydrogen-bond donors (Lipinski definition) is 3. The molecule has 0 bridgehead atoms. The highest BCUT2D eigenvalue weighted by molar-refractivity contribution is 6.10. The molecule has 0 aliphatic rings. The number of aromatic nitrogens is 2. The molecule has 1 aromatic carbocycles. The minimum atomic E-state index is -0.218. The Morgan fingerprint density at radius 2 is 2.07 bits per heavy atom. The predicted octanol–water partition coefficient (Wildman–Crippen LogP) is 1.44. The number of rotatable bonds is 3. The smallest absolute Gasteiger partial charge is 0.212 e. The van der Waals surface area contributed by atoms with Gasteiger partial charge in [0.15, 0.2) is 0 Å². The molecule has 0 fully saturated rings. The summed E-state index contributed by atoms with van der Waals surface area (Å²) in [5, 5.41) is 14.9. The van der Waals surface area contributed by atoms with Gasteiger partial charge in [-0.25, -0.2) is 0 Å². The SMILES string of the molecule is O=C(c1ccccc1)c1[nH]ncc1NO. The van der Waals surface area contributed by atoms with Gasteiger partial charge >= 0.3 is 0 Å². The second-order valence-electron chi connectivity index (χ2n) is 2.97. The van der Waals surface area contributed by atoms with E-state index < -0.39 is 0 Å². The fourth-order valence-corrected chi connectivity index (χ4v) is 1.28. The summed E-state index contributed by atoms with van der Waals surface area (Å²) in [6, 6.07) is 8.77. The van der Waals surface area contributed by atoms with E-state index in [9.17, 15) is 4.79 Å². The van der Waals surface area contributed by atoms with Crippen LogP contribution in [0.1, 0.15) is 16.1 Å². The zero-order valence-electron chi connectivity index (χ0n) is 7.77. The van der Waals surface area contributed by atoms with E-state index in [0.717, 1.165) is 0 Å². The largest absolute Gasteiger partial charge is 0.291 e. The van der Waals surface area contributed by atoms with Crippen molar-refractivity contribution in [1.29, 1.82) is 0 Å². The number of nitrogens with one attached hydrogen (secondary N) is 2. The number of ketones is 1. The lowest BCUT2D eigenvalue weighted by Crippen LogP contribution is -2.05. The number of benzene rings is 1. The van der Waals surface area contributed by atoms with Crippen molar-refractivity contribution < 1.29 is 10.0 Å². The fourth-order valence-electron chi connectivity index (χ4n) is 1.28. The Bertz CT molecular complexity index is 465. The van der Waals surface area contributed by atoms with E-state index in [-0.39, 0.29) is 17.2 Å². The van der Waals surface area contributed by atoms with Gasteiger partial charge in [0.25, 0.3) is 0 Å². The van der Waals surface area contributed by atoms with E-state index >= 15 is 0 Å². The van der Waals surface area contributed by atoms with Crippen LogP contribution in [-0.2, 0) is 0 Å². The van der Waals surface area contributed by atoms with Crippen LogP contribution in [0.3, 0.4) is 0 Å². The zero-order chi connectivity index (χ0) is 10.7. The molecule has 0 amide bonds. The Morgan fingerprint density at radius 1 is 1.33 bits per heavy atom. The third-order valence-electron chi connectivity index (χ3n) is 2.02.